The third-order valence-electron chi connectivity index (χ3n) is 4.06. The van der Waals surface area contributed by atoms with E-state index in [4.69, 9.17) is 0 Å². The molecule has 0 aromatic carbocycles. The van der Waals surface area contributed by atoms with Crippen molar-refractivity contribution in [2.75, 3.05) is 19.6 Å². The molecule has 7 heteroatoms. The molecule has 0 unspecified atom stereocenters. The van der Waals surface area contributed by atoms with Crippen LogP contribution in [-0.2, 0) is 11.8 Å². The minimum absolute atomic E-state index is 0.144. The van der Waals surface area contributed by atoms with Crippen LogP contribution in [0.3, 0.4) is 0 Å². The molecule has 0 bridgehead atoms. The van der Waals surface area contributed by atoms with Crippen LogP contribution in [0.4, 0.5) is 0 Å². The Hall–Kier alpha value is -2.57. The van der Waals surface area contributed by atoms with Crippen molar-refractivity contribution < 1.29 is 9.59 Å². The van der Waals surface area contributed by atoms with Crippen LogP contribution >= 0.6 is 0 Å². The van der Waals surface area contributed by atoms with Gasteiger partial charge < -0.3 is 14.8 Å². The van der Waals surface area contributed by atoms with Crippen LogP contribution in [0, 0.1) is 0 Å². The van der Waals surface area contributed by atoms with E-state index in [0.29, 0.717) is 25.1 Å². The van der Waals surface area contributed by atoms with Crippen molar-refractivity contribution in [2.24, 2.45) is 7.05 Å². The molecule has 0 radical (unpaired) electrons. The Labute approximate surface area is 134 Å². The van der Waals surface area contributed by atoms with E-state index in [9.17, 15) is 9.59 Å². The predicted molar refractivity (Wildman–Crippen MR) is 85.3 cm³/mol. The molecule has 0 atom stereocenters. The summed E-state index contributed by atoms with van der Waals surface area (Å²) in [6.07, 6.45) is 7.70. The molecular formula is C16H21N5O2. The van der Waals surface area contributed by atoms with E-state index < -0.39 is 0 Å². The number of likely N-dealkylation sites (tertiary alicyclic amines) is 1. The molecule has 0 spiro atoms. The highest BCUT2D eigenvalue weighted by Crippen LogP contribution is 2.14. The lowest BCUT2D eigenvalue weighted by atomic mass is 10.3. The Kier molecular flexibility index (Phi) is 4.45. The maximum absolute atomic E-state index is 12.4. The summed E-state index contributed by atoms with van der Waals surface area (Å²) in [5.74, 6) is 0.815. The molecule has 1 saturated heterocycles. The number of aromatic nitrogens is 3. The standard InChI is InChI=1S/C16H21N5O2/c1-19-16(21-8-2-3-9-21)13(12-18-19)15(23)17-7-5-11-20-10-4-6-14(20)22/h2-3,8-9,12H,4-7,10-11H2,1H3,(H,17,23). The van der Waals surface area contributed by atoms with Crippen LogP contribution in [0.15, 0.2) is 30.7 Å². The quantitative estimate of drug-likeness (QED) is 0.807. The second kappa shape index (κ2) is 6.68. The van der Waals surface area contributed by atoms with E-state index in [-0.39, 0.29) is 11.8 Å². The van der Waals surface area contributed by atoms with E-state index in [0.717, 1.165) is 25.2 Å². The molecule has 2 aromatic rings. The number of nitrogens with one attached hydrogen (secondary N) is 1. The van der Waals surface area contributed by atoms with Gasteiger partial charge in [-0.2, -0.15) is 5.10 Å². The zero-order valence-corrected chi connectivity index (χ0v) is 13.2. The minimum atomic E-state index is -0.144. The van der Waals surface area contributed by atoms with E-state index in [1.165, 1.54) is 0 Å². The van der Waals surface area contributed by atoms with Gasteiger partial charge in [0, 0.05) is 45.5 Å². The van der Waals surface area contributed by atoms with Crippen LogP contribution in [0.2, 0.25) is 0 Å². The maximum atomic E-state index is 12.4. The number of nitrogens with zero attached hydrogens (tertiary/aromatic N) is 4. The van der Waals surface area contributed by atoms with Crippen molar-refractivity contribution in [3.8, 4) is 5.82 Å². The van der Waals surface area contributed by atoms with Gasteiger partial charge in [0.15, 0.2) is 0 Å². The fourth-order valence-electron chi connectivity index (χ4n) is 2.88. The minimum Gasteiger partial charge on any atom is -0.352 e. The number of amides is 2. The van der Waals surface area contributed by atoms with E-state index in [2.05, 4.69) is 10.4 Å². The first-order valence-electron chi connectivity index (χ1n) is 7.88. The monoisotopic (exact) mass is 315 g/mol. The van der Waals surface area contributed by atoms with Crippen molar-refractivity contribution in [3.63, 3.8) is 0 Å². The van der Waals surface area contributed by atoms with Crippen LogP contribution in [-0.4, -0.2) is 50.7 Å². The fourth-order valence-corrected chi connectivity index (χ4v) is 2.88. The number of carbonyl (C=O) groups is 2. The molecule has 0 aliphatic carbocycles. The first-order valence-corrected chi connectivity index (χ1v) is 7.88. The van der Waals surface area contributed by atoms with Crippen LogP contribution < -0.4 is 5.32 Å². The highest BCUT2D eigenvalue weighted by atomic mass is 16.2. The van der Waals surface area contributed by atoms with E-state index in [1.54, 1.807) is 10.9 Å². The summed E-state index contributed by atoms with van der Waals surface area (Å²) in [6, 6.07) is 3.81. The van der Waals surface area contributed by atoms with Crippen molar-refractivity contribution in [2.45, 2.75) is 19.3 Å². The normalized spacial score (nSPS) is 14.5. The summed E-state index contributed by atoms with van der Waals surface area (Å²) in [7, 11) is 1.81. The molecule has 0 saturated carbocycles. The lowest BCUT2D eigenvalue weighted by Gasteiger charge is -2.15. The Balaban J connectivity index is 1.56. The maximum Gasteiger partial charge on any atom is 0.256 e. The Morgan fingerprint density at radius 3 is 2.83 bits per heavy atom. The Morgan fingerprint density at radius 1 is 1.35 bits per heavy atom. The van der Waals surface area contributed by atoms with Crippen LogP contribution in [0.5, 0.6) is 0 Å². The third kappa shape index (κ3) is 3.28. The summed E-state index contributed by atoms with van der Waals surface area (Å²) in [4.78, 5) is 25.8. The van der Waals surface area contributed by atoms with Gasteiger partial charge in [-0.15, -0.1) is 0 Å². The van der Waals surface area contributed by atoms with Gasteiger partial charge >= 0.3 is 0 Å². The molecule has 23 heavy (non-hydrogen) atoms. The SMILES string of the molecule is Cn1ncc(C(=O)NCCCN2CCCC2=O)c1-n1cccc1. The fraction of sp³-hybridized carbons (Fsp3) is 0.438. The second-order valence-electron chi connectivity index (χ2n) is 5.69. The van der Waals surface area contributed by atoms with Crippen molar-refractivity contribution >= 4 is 11.8 Å². The second-order valence-corrected chi connectivity index (χ2v) is 5.69. The average Bonchev–Trinajstić information content (AvgIpc) is 3.25. The highest BCUT2D eigenvalue weighted by Gasteiger charge is 2.20. The number of rotatable bonds is 6. The topological polar surface area (TPSA) is 72.2 Å². The molecular weight excluding hydrogens is 294 g/mol. The number of hydrogen-bond acceptors (Lipinski definition) is 3. The Morgan fingerprint density at radius 2 is 2.13 bits per heavy atom. The zero-order valence-electron chi connectivity index (χ0n) is 13.2. The molecule has 122 valence electrons. The van der Waals surface area contributed by atoms with E-state index >= 15 is 0 Å². The summed E-state index contributed by atoms with van der Waals surface area (Å²) < 4.78 is 3.54. The molecule has 7 nitrogen and oxygen atoms in total. The number of hydrogen-bond donors (Lipinski definition) is 1. The van der Waals surface area contributed by atoms with Crippen LogP contribution in [0.1, 0.15) is 29.6 Å². The molecule has 3 heterocycles. The van der Waals surface area contributed by atoms with Crippen LogP contribution in [0.25, 0.3) is 5.82 Å². The molecule has 1 N–H and O–H groups in total. The van der Waals surface area contributed by atoms with Gasteiger partial charge in [0.25, 0.3) is 5.91 Å². The zero-order chi connectivity index (χ0) is 16.2. The van der Waals surface area contributed by atoms with Gasteiger partial charge in [0.05, 0.1) is 6.20 Å². The smallest absolute Gasteiger partial charge is 0.256 e. The predicted octanol–water partition coefficient (Wildman–Crippen LogP) is 0.953. The summed E-state index contributed by atoms with van der Waals surface area (Å²) in [5.41, 5.74) is 0.543. The molecule has 1 aliphatic heterocycles. The summed E-state index contributed by atoms with van der Waals surface area (Å²) >= 11 is 0. The lowest BCUT2D eigenvalue weighted by Crippen LogP contribution is -2.31. The van der Waals surface area contributed by atoms with E-state index in [1.807, 2.05) is 41.0 Å². The number of carbonyl (C=O) groups excluding carboxylic acids is 2. The molecule has 1 fully saturated rings. The number of aryl methyl sites for hydroxylation is 1. The summed E-state index contributed by atoms with van der Waals surface area (Å²) in [5, 5.41) is 7.09. The summed E-state index contributed by atoms with van der Waals surface area (Å²) in [6.45, 7) is 2.09. The van der Waals surface area contributed by atoms with Gasteiger partial charge in [-0.05, 0) is 25.0 Å². The lowest BCUT2D eigenvalue weighted by molar-refractivity contribution is -0.127. The van der Waals surface area contributed by atoms with Gasteiger partial charge in [-0.1, -0.05) is 0 Å². The Bertz CT molecular complexity index is 689. The van der Waals surface area contributed by atoms with Crippen molar-refractivity contribution in [1.82, 2.24) is 24.6 Å². The van der Waals surface area contributed by atoms with Crippen molar-refractivity contribution in [1.29, 1.82) is 0 Å². The first-order chi connectivity index (χ1) is 11.2. The molecule has 3 rings (SSSR count). The van der Waals surface area contributed by atoms with Gasteiger partial charge in [-0.25, -0.2) is 0 Å². The third-order valence-corrected chi connectivity index (χ3v) is 4.06. The van der Waals surface area contributed by atoms with Gasteiger partial charge in [0.1, 0.15) is 11.4 Å². The largest absolute Gasteiger partial charge is 0.352 e. The molecule has 2 amide bonds. The molecule has 1 aliphatic rings. The van der Waals surface area contributed by atoms with Gasteiger partial charge in [-0.3, -0.25) is 14.3 Å². The average molecular weight is 315 g/mol. The van der Waals surface area contributed by atoms with Crippen molar-refractivity contribution in [3.05, 3.63) is 36.3 Å². The first kappa shape index (κ1) is 15.3. The molecule has 2 aromatic heterocycles. The highest BCUT2D eigenvalue weighted by molar-refractivity contribution is 5.97. The van der Waals surface area contributed by atoms with Gasteiger partial charge in [0.2, 0.25) is 5.91 Å².